The van der Waals surface area contributed by atoms with E-state index in [4.69, 9.17) is 0 Å². The van der Waals surface area contributed by atoms with Crippen molar-refractivity contribution < 1.29 is 14.0 Å². The predicted octanol–water partition coefficient (Wildman–Crippen LogP) is 5.12. The van der Waals surface area contributed by atoms with Crippen LogP contribution in [0.1, 0.15) is 5.56 Å². The molecule has 0 bridgehead atoms. The van der Waals surface area contributed by atoms with Gasteiger partial charge in [0.15, 0.2) is 0 Å². The lowest BCUT2D eigenvalue weighted by molar-refractivity contribution is -0.120. The molecule has 2 amide bonds. The fraction of sp³-hybridized carbons (Fsp3) is 0.0435. The van der Waals surface area contributed by atoms with Gasteiger partial charge in [-0.25, -0.2) is 9.29 Å². The zero-order chi connectivity index (χ0) is 20.4. The van der Waals surface area contributed by atoms with Gasteiger partial charge in [0.2, 0.25) is 0 Å². The fourth-order valence-corrected chi connectivity index (χ4v) is 3.96. The van der Waals surface area contributed by atoms with Crippen molar-refractivity contribution in [3.05, 3.63) is 101 Å². The molecule has 0 fully saturated rings. The van der Waals surface area contributed by atoms with Crippen molar-refractivity contribution in [2.75, 3.05) is 10.2 Å². The standard InChI is InChI=1S/C23H17FN2O2S/c1-15-6-5-7-17(14-15)25-20-21(29-19-8-3-2-4-9-19)23(28)26(22(20)27)18-12-10-16(24)11-13-18/h2-14,25H,1H3. The number of carbonyl (C=O) groups excluding carboxylic acids is 2. The van der Waals surface area contributed by atoms with E-state index in [9.17, 15) is 14.0 Å². The fourth-order valence-electron chi connectivity index (χ4n) is 3.01. The van der Waals surface area contributed by atoms with Gasteiger partial charge in [-0.1, -0.05) is 42.1 Å². The molecular formula is C23H17FN2O2S. The van der Waals surface area contributed by atoms with E-state index >= 15 is 0 Å². The predicted molar refractivity (Wildman–Crippen MR) is 113 cm³/mol. The highest BCUT2D eigenvalue weighted by Crippen LogP contribution is 2.37. The first-order valence-corrected chi connectivity index (χ1v) is 9.80. The molecule has 1 aliphatic rings. The molecule has 144 valence electrons. The van der Waals surface area contributed by atoms with Crippen molar-refractivity contribution in [3.8, 4) is 0 Å². The van der Waals surface area contributed by atoms with Gasteiger partial charge in [0.1, 0.15) is 16.4 Å². The molecule has 0 saturated heterocycles. The second-order valence-corrected chi connectivity index (χ2v) is 7.62. The molecule has 0 aromatic heterocycles. The molecule has 4 nitrogen and oxygen atoms in total. The summed E-state index contributed by atoms with van der Waals surface area (Å²) in [7, 11) is 0. The zero-order valence-electron chi connectivity index (χ0n) is 15.6. The third-order valence-electron chi connectivity index (χ3n) is 4.38. The summed E-state index contributed by atoms with van der Waals surface area (Å²) in [4.78, 5) is 28.5. The Morgan fingerprint density at radius 1 is 0.862 bits per heavy atom. The van der Waals surface area contributed by atoms with Gasteiger partial charge in [-0.15, -0.1) is 0 Å². The Balaban J connectivity index is 1.74. The SMILES string of the molecule is Cc1cccc(NC2=C(Sc3ccccc3)C(=O)N(c3ccc(F)cc3)C2=O)c1. The number of aryl methyl sites for hydroxylation is 1. The number of anilines is 2. The van der Waals surface area contributed by atoms with Crippen LogP contribution in [0.5, 0.6) is 0 Å². The van der Waals surface area contributed by atoms with Crippen LogP contribution in [0.2, 0.25) is 0 Å². The largest absolute Gasteiger partial charge is 0.350 e. The number of imide groups is 1. The minimum absolute atomic E-state index is 0.207. The highest BCUT2D eigenvalue weighted by Gasteiger charge is 2.40. The molecule has 0 aliphatic carbocycles. The Labute approximate surface area is 172 Å². The lowest BCUT2D eigenvalue weighted by Gasteiger charge is -2.15. The van der Waals surface area contributed by atoms with E-state index in [1.165, 1.54) is 36.0 Å². The second-order valence-electron chi connectivity index (χ2n) is 6.54. The highest BCUT2D eigenvalue weighted by atomic mass is 32.2. The van der Waals surface area contributed by atoms with Crippen LogP contribution in [0, 0.1) is 12.7 Å². The van der Waals surface area contributed by atoms with E-state index in [1.54, 1.807) is 0 Å². The van der Waals surface area contributed by atoms with Gasteiger partial charge < -0.3 is 5.32 Å². The molecule has 29 heavy (non-hydrogen) atoms. The summed E-state index contributed by atoms with van der Waals surface area (Å²) in [5, 5.41) is 3.12. The summed E-state index contributed by atoms with van der Waals surface area (Å²) in [6.45, 7) is 1.95. The van der Waals surface area contributed by atoms with Crippen molar-refractivity contribution in [2.24, 2.45) is 0 Å². The van der Waals surface area contributed by atoms with Crippen molar-refractivity contribution in [1.82, 2.24) is 0 Å². The first-order valence-electron chi connectivity index (χ1n) is 8.98. The molecule has 1 heterocycles. The maximum atomic E-state index is 13.3. The molecular weight excluding hydrogens is 387 g/mol. The highest BCUT2D eigenvalue weighted by molar-refractivity contribution is 8.04. The monoisotopic (exact) mass is 404 g/mol. The summed E-state index contributed by atoms with van der Waals surface area (Å²) in [5.74, 6) is -1.34. The van der Waals surface area contributed by atoms with Crippen LogP contribution in [-0.2, 0) is 9.59 Å². The van der Waals surface area contributed by atoms with Gasteiger partial charge in [0, 0.05) is 10.6 Å². The number of amides is 2. The summed E-state index contributed by atoms with van der Waals surface area (Å²) in [6.07, 6.45) is 0. The quantitative estimate of drug-likeness (QED) is 0.600. The van der Waals surface area contributed by atoms with E-state index in [0.29, 0.717) is 16.3 Å². The second kappa shape index (κ2) is 7.93. The van der Waals surface area contributed by atoms with Gasteiger partial charge in [0.05, 0.1) is 5.69 Å². The van der Waals surface area contributed by atoms with Crippen LogP contribution in [0.15, 0.2) is 94.4 Å². The average molecular weight is 404 g/mol. The Hall–Kier alpha value is -3.38. The Morgan fingerprint density at radius 3 is 2.28 bits per heavy atom. The van der Waals surface area contributed by atoms with E-state index in [2.05, 4.69) is 5.32 Å². The third-order valence-corrected chi connectivity index (χ3v) is 5.47. The molecule has 6 heteroatoms. The van der Waals surface area contributed by atoms with Crippen LogP contribution in [-0.4, -0.2) is 11.8 Å². The number of carbonyl (C=O) groups is 2. The number of hydrogen-bond acceptors (Lipinski definition) is 4. The van der Waals surface area contributed by atoms with Gasteiger partial charge in [0.25, 0.3) is 11.8 Å². The minimum Gasteiger partial charge on any atom is -0.350 e. The summed E-state index contributed by atoms with van der Waals surface area (Å²) < 4.78 is 13.3. The van der Waals surface area contributed by atoms with Gasteiger partial charge in [-0.2, -0.15) is 0 Å². The van der Waals surface area contributed by atoms with Crippen molar-refractivity contribution in [3.63, 3.8) is 0 Å². The van der Waals surface area contributed by atoms with Gasteiger partial charge >= 0.3 is 0 Å². The molecule has 3 aromatic carbocycles. The van der Waals surface area contributed by atoms with Crippen LogP contribution < -0.4 is 10.2 Å². The molecule has 0 atom stereocenters. The van der Waals surface area contributed by atoms with Crippen molar-refractivity contribution >= 4 is 35.0 Å². The van der Waals surface area contributed by atoms with E-state index < -0.39 is 17.6 Å². The van der Waals surface area contributed by atoms with E-state index in [1.807, 2.05) is 61.5 Å². The number of halogens is 1. The molecule has 0 spiro atoms. The topological polar surface area (TPSA) is 49.4 Å². The van der Waals surface area contributed by atoms with Gasteiger partial charge in [-0.05, 0) is 61.0 Å². The molecule has 3 aromatic rings. The van der Waals surface area contributed by atoms with E-state index in [-0.39, 0.29) is 5.70 Å². The smallest absolute Gasteiger partial charge is 0.283 e. The summed E-state index contributed by atoms with van der Waals surface area (Å²) >= 11 is 1.23. The number of hydrogen-bond donors (Lipinski definition) is 1. The molecule has 0 radical (unpaired) electrons. The third kappa shape index (κ3) is 3.93. The van der Waals surface area contributed by atoms with Crippen LogP contribution >= 0.6 is 11.8 Å². The summed E-state index contributed by atoms with van der Waals surface area (Å²) in [5.41, 5.74) is 2.28. The first kappa shape index (κ1) is 19.0. The summed E-state index contributed by atoms with van der Waals surface area (Å²) in [6, 6.07) is 22.2. The zero-order valence-corrected chi connectivity index (χ0v) is 16.4. The number of nitrogens with zero attached hydrogens (tertiary/aromatic N) is 1. The Bertz CT molecular complexity index is 1110. The normalized spacial score (nSPS) is 13.9. The number of thioether (sulfide) groups is 1. The van der Waals surface area contributed by atoms with Crippen molar-refractivity contribution in [1.29, 1.82) is 0 Å². The number of rotatable bonds is 5. The molecule has 1 aliphatic heterocycles. The Kier molecular flexibility index (Phi) is 5.18. The van der Waals surface area contributed by atoms with Gasteiger partial charge in [-0.3, -0.25) is 9.59 Å². The van der Waals surface area contributed by atoms with Crippen LogP contribution in [0.3, 0.4) is 0 Å². The maximum absolute atomic E-state index is 13.3. The lowest BCUT2D eigenvalue weighted by atomic mass is 10.2. The van der Waals surface area contributed by atoms with Crippen molar-refractivity contribution in [2.45, 2.75) is 11.8 Å². The molecule has 0 unspecified atom stereocenters. The number of benzene rings is 3. The minimum atomic E-state index is -0.471. The van der Waals surface area contributed by atoms with E-state index in [0.717, 1.165) is 15.4 Å². The average Bonchev–Trinajstić information content (AvgIpc) is 2.94. The molecule has 0 saturated carbocycles. The number of nitrogens with one attached hydrogen (secondary N) is 1. The lowest BCUT2D eigenvalue weighted by Crippen LogP contribution is -2.32. The van der Waals surface area contributed by atoms with Crippen LogP contribution in [0.25, 0.3) is 0 Å². The first-order chi connectivity index (χ1) is 14.0. The molecule has 1 N–H and O–H groups in total. The maximum Gasteiger partial charge on any atom is 0.283 e. The Morgan fingerprint density at radius 2 is 1.59 bits per heavy atom. The molecule has 4 rings (SSSR count). The van der Waals surface area contributed by atoms with Crippen LogP contribution in [0.4, 0.5) is 15.8 Å².